The zero-order chi connectivity index (χ0) is 16.1. The molecule has 8 heteroatoms. The summed E-state index contributed by atoms with van der Waals surface area (Å²) in [5.74, 6) is 0.637. The Bertz CT molecular complexity index is 751. The second-order valence-electron chi connectivity index (χ2n) is 5.17. The van der Waals surface area contributed by atoms with Crippen molar-refractivity contribution >= 4 is 5.91 Å². The predicted octanol–water partition coefficient (Wildman–Crippen LogP) is 0.507. The fraction of sp³-hybridized carbons (Fsp3) is 0.267. The lowest BCUT2D eigenvalue weighted by Gasteiger charge is -2.16. The van der Waals surface area contributed by atoms with Crippen LogP contribution < -0.4 is 5.32 Å². The number of hydrogen-bond acceptors (Lipinski definition) is 5. The molecular formula is C15H17N7O. The van der Waals surface area contributed by atoms with Crippen LogP contribution >= 0.6 is 0 Å². The number of hydrogen-bond donors (Lipinski definition) is 1. The van der Waals surface area contributed by atoms with Crippen LogP contribution in [0.25, 0.3) is 0 Å². The molecule has 3 aromatic rings. The molecule has 0 saturated heterocycles. The van der Waals surface area contributed by atoms with E-state index in [1.807, 2.05) is 48.1 Å². The maximum absolute atomic E-state index is 12.6. The van der Waals surface area contributed by atoms with E-state index in [9.17, 15) is 4.79 Å². The number of amides is 1. The van der Waals surface area contributed by atoms with Gasteiger partial charge in [-0.1, -0.05) is 30.3 Å². The maximum Gasteiger partial charge on any atom is 0.245 e. The lowest BCUT2D eigenvalue weighted by atomic mass is 10.1. The van der Waals surface area contributed by atoms with Crippen molar-refractivity contribution in [2.45, 2.75) is 19.0 Å². The summed E-state index contributed by atoms with van der Waals surface area (Å²) in [6.07, 6.45) is 5.50. The van der Waals surface area contributed by atoms with E-state index in [-0.39, 0.29) is 5.91 Å². The quantitative estimate of drug-likeness (QED) is 0.716. The smallest absolute Gasteiger partial charge is 0.245 e. The number of carbonyl (C=O) groups is 1. The van der Waals surface area contributed by atoms with Gasteiger partial charge < -0.3 is 9.88 Å². The Morgan fingerprint density at radius 2 is 2.13 bits per heavy atom. The van der Waals surface area contributed by atoms with Crippen LogP contribution in [0, 0.1) is 0 Å². The van der Waals surface area contributed by atoms with Crippen LogP contribution in [0.5, 0.6) is 0 Å². The van der Waals surface area contributed by atoms with Crippen LogP contribution in [0.4, 0.5) is 0 Å². The number of tetrazole rings is 1. The average molecular weight is 311 g/mol. The second-order valence-corrected chi connectivity index (χ2v) is 5.17. The van der Waals surface area contributed by atoms with Gasteiger partial charge >= 0.3 is 0 Å². The lowest BCUT2D eigenvalue weighted by molar-refractivity contribution is -0.124. The van der Waals surface area contributed by atoms with Gasteiger partial charge in [0, 0.05) is 25.9 Å². The Hall–Kier alpha value is -3.03. The fourth-order valence-electron chi connectivity index (χ4n) is 2.31. The molecule has 1 aromatic carbocycles. The second kappa shape index (κ2) is 6.82. The van der Waals surface area contributed by atoms with Crippen LogP contribution in [0.15, 0.2) is 49.1 Å². The highest BCUT2D eigenvalue weighted by Crippen LogP contribution is 2.13. The molecule has 0 fully saturated rings. The van der Waals surface area contributed by atoms with Gasteiger partial charge in [0.25, 0.3) is 0 Å². The molecule has 8 nitrogen and oxygen atoms in total. The Morgan fingerprint density at radius 3 is 2.78 bits per heavy atom. The lowest BCUT2D eigenvalue weighted by Crippen LogP contribution is -2.34. The maximum atomic E-state index is 12.6. The minimum Gasteiger partial charge on any atom is -0.347 e. The first-order valence-corrected chi connectivity index (χ1v) is 7.24. The van der Waals surface area contributed by atoms with Crippen LogP contribution in [-0.2, 0) is 24.8 Å². The number of nitrogens with one attached hydrogen (secondary N) is 1. The van der Waals surface area contributed by atoms with Crippen LogP contribution in [-0.4, -0.2) is 35.7 Å². The molecule has 1 N–H and O–H groups in total. The number of imidazole rings is 1. The molecule has 1 amide bonds. The van der Waals surface area contributed by atoms with Gasteiger partial charge in [-0.3, -0.25) is 4.79 Å². The molecule has 1 atom stereocenters. The summed E-state index contributed by atoms with van der Waals surface area (Å²) in [6, 6.07) is 9.27. The zero-order valence-corrected chi connectivity index (χ0v) is 12.7. The number of benzene rings is 1. The molecule has 3 rings (SSSR count). The number of carbonyl (C=O) groups excluding carboxylic acids is 1. The molecule has 0 aliphatic heterocycles. The summed E-state index contributed by atoms with van der Waals surface area (Å²) >= 11 is 0. The van der Waals surface area contributed by atoms with E-state index in [0.717, 1.165) is 11.4 Å². The molecule has 0 radical (unpaired) electrons. The molecule has 0 aliphatic rings. The molecule has 2 heterocycles. The predicted molar refractivity (Wildman–Crippen MR) is 82.1 cm³/mol. The van der Waals surface area contributed by atoms with Gasteiger partial charge in [-0.25, -0.2) is 9.67 Å². The third-order valence-electron chi connectivity index (χ3n) is 3.60. The Balaban J connectivity index is 1.72. The Morgan fingerprint density at radius 1 is 1.30 bits per heavy atom. The zero-order valence-electron chi connectivity index (χ0n) is 12.7. The topological polar surface area (TPSA) is 90.5 Å². The van der Waals surface area contributed by atoms with Crippen LogP contribution in [0.3, 0.4) is 0 Å². The van der Waals surface area contributed by atoms with Gasteiger partial charge in [0.1, 0.15) is 18.2 Å². The summed E-state index contributed by atoms with van der Waals surface area (Å²) in [5.41, 5.74) is 1.04. The summed E-state index contributed by atoms with van der Waals surface area (Å²) in [4.78, 5) is 16.8. The molecule has 118 valence electrons. The highest BCUT2D eigenvalue weighted by atomic mass is 16.2. The molecule has 2 aromatic heterocycles. The van der Waals surface area contributed by atoms with E-state index in [1.165, 1.54) is 11.0 Å². The van der Waals surface area contributed by atoms with Crippen molar-refractivity contribution < 1.29 is 4.79 Å². The standard InChI is InChI=1S/C15H17N7O/c1-21-8-7-16-14(21)10-17-15(23)13(22-11-18-19-20-22)9-12-5-3-2-4-6-12/h2-8,11,13H,9-10H2,1H3,(H,17,23)/t13-/m1/s1. The number of aromatic nitrogens is 6. The third kappa shape index (κ3) is 3.60. The van der Waals surface area contributed by atoms with Crippen molar-refractivity contribution in [2.75, 3.05) is 0 Å². The summed E-state index contributed by atoms with van der Waals surface area (Å²) < 4.78 is 3.34. The number of aryl methyl sites for hydroxylation is 1. The van der Waals surface area contributed by atoms with E-state index < -0.39 is 6.04 Å². The first-order valence-electron chi connectivity index (χ1n) is 7.24. The van der Waals surface area contributed by atoms with E-state index in [1.54, 1.807) is 6.20 Å². The van der Waals surface area contributed by atoms with Crippen molar-refractivity contribution in [1.82, 2.24) is 35.1 Å². The first kappa shape index (κ1) is 14.9. The Labute approximate surface area is 133 Å². The number of rotatable bonds is 6. The molecule has 0 bridgehead atoms. The van der Waals surface area contributed by atoms with Gasteiger partial charge in [-0.2, -0.15) is 0 Å². The van der Waals surface area contributed by atoms with Gasteiger partial charge in [-0.05, 0) is 16.0 Å². The first-order chi connectivity index (χ1) is 11.2. The van der Waals surface area contributed by atoms with Crippen molar-refractivity contribution in [3.8, 4) is 0 Å². The van der Waals surface area contributed by atoms with E-state index >= 15 is 0 Å². The average Bonchev–Trinajstić information content (AvgIpc) is 3.23. The van der Waals surface area contributed by atoms with E-state index in [2.05, 4.69) is 25.8 Å². The largest absolute Gasteiger partial charge is 0.347 e. The number of nitrogens with zero attached hydrogens (tertiary/aromatic N) is 6. The monoisotopic (exact) mass is 311 g/mol. The molecule has 0 spiro atoms. The van der Waals surface area contributed by atoms with Gasteiger partial charge in [0.15, 0.2) is 0 Å². The fourth-order valence-corrected chi connectivity index (χ4v) is 2.31. The van der Waals surface area contributed by atoms with Crippen molar-refractivity contribution in [3.05, 3.63) is 60.4 Å². The highest BCUT2D eigenvalue weighted by molar-refractivity contribution is 5.80. The molecule has 0 aliphatic carbocycles. The molecule has 0 saturated carbocycles. The van der Waals surface area contributed by atoms with Crippen molar-refractivity contribution in [3.63, 3.8) is 0 Å². The highest BCUT2D eigenvalue weighted by Gasteiger charge is 2.22. The SMILES string of the molecule is Cn1ccnc1CNC(=O)[C@@H](Cc1ccccc1)n1cnnn1. The van der Waals surface area contributed by atoms with Crippen molar-refractivity contribution in [1.29, 1.82) is 0 Å². The molecule has 23 heavy (non-hydrogen) atoms. The van der Waals surface area contributed by atoms with E-state index in [0.29, 0.717) is 13.0 Å². The molecular weight excluding hydrogens is 294 g/mol. The molecule has 0 unspecified atom stereocenters. The van der Waals surface area contributed by atoms with Gasteiger partial charge in [0.05, 0.1) is 6.54 Å². The van der Waals surface area contributed by atoms with Crippen LogP contribution in [0.2, 0.25) is 0 Å². The van der Waals surface area contributed by atoms with Gasteiger partial charge in [-0.15, -0.1) is 5.10 Å². The van der Waals surface area contributed by atoms with Crippen LogP contribution in [0.1, 0.15) is 17.4 Å². The Kier molecular flexibility index (Phi) is 4.41. The normalized spacial score (nSPS) is 12.0. The third-order valence-corrected chi connectivity index (χ3v) is 3.60. The summed E-state index contributed by atoms with van der Waals surface area (Å²) in [5, 5.41) is 14.0. The summed E-state index contributed by atoms with van der Waals surface area (Å²) in [7, 11) is 1.89. The van der Waals surface area contributed by atoms with Gasteiger partial charge in [0.2, 0.25) is 5.91 Å². The summed E-state index contributed by atoms with van der Waals surface area (Å²) in [6.45, 7) is 0.357. The minimum absolute atomic E-state index is 0.149. The minimum atomic E-state index is -0.507. The van der Waals surface area contributed by atoms with E-state index in [4.69, 9.17) is 0 Å². The van der Waals surface area contributed by atoms with Crippen molar-refractivity contribution in [2.24, 2.45) is 7.05 Å².